The highest BCUT2D eigenvalue weighted by Gasteiger charge is 2.24. The number of carbonyl (C=O) groups is 1. The molecule has 1 saturated carbocycles. The van der Waals surface area contributed by atoms with E-state index >= 15 is 0 Å². The smallest absolute Gasteiger partial charge is 0.180 e. The molecule has 4 nitrogen and oxygen atoms in total. The highest BCUT2D eigenvalue weighted by atomic mass is 19.1. The van der Waals surface area contributed by atoms with E-state index in [1.165, 1.54) is 12.5 Å². The minimum atomic E-state index is -0.539. The number of benzene rings is 1. The van der Waals surface area contributed by atoms with Crippen LogP contribution in [0.15, 0.2) is 18.2 Å². The average molecular weight is 295 g/mol. The number of hydrogen-bond acceptors (Lipinski definition) is 4. The van der Waals surface area contributed by atoms with E-state index < -0.39 is 5.82 Å². The summed E-state index contributed by atoms with van der Waals surface area (Å²) in [6.45, 7) is 0.508. The number of phenols is 1. The van der Waals surface area contributed by atoms with Gasteiger partial charge >= 0.3 is 0 Å². The van der Waals surface area contributed by atoms with Crippen molar-refractivity contribution in [1.29, 1.82) is 0 Å². The fourth-order valence-corrected chi connectivity index (χ4v) is 2.97. The van der Waals surface area contributed by atoms with Crippen molar-refractivity contribution in [3.8, 4) is 5.75 Å². The Morgan fingerprint density at radius 3 is 2.67 bits per heavy atom. The minimum absolute atomic E-state index is 0.00810. The predicted molar refractivity (Wildman–Crippen MR) is 77.9 cm³/mol. The molecule has 0 spiro atoms. The largest absolute Gasteiger partial charge is 0.507 e. The van der Waals surface area contributed by atoms with Gasteiger partial charge in [0, 0.05) is 12.6 Å². The summed E-state index contributed by atoms with van der Waals surface area (Å²) in [4.78, 5) is 14.2. The third-order valence-corrected chi connectivity index (χ3v) is 4.08. The number of halogens is 1. The van der Waals surface area contributed by atoms with Crippen LogP contribution >= 0.6 is 0 Å². The van der Waals surface area contributed by atoms with Crippen molar-refractivity contribution in [1.82, 2.24) is 4.90 Å². The van der Waals surface area contributed by atoms with Gasteiger partial charge in [0.1, 0.15) is 11.6 Å². The second-order valence-electron chi connectivity index (χ2n) is 5.57. The van der Waals surface area contributed by atoms with Gasteiger partial charge in [-0.05, 0) is 31.0 Å². The zero-order chi connectivity index (χ0) is 15.2. The zero-order valence-corrected chi connectivity index (χ0v) is 12.1. The van der Waals surface area contributed by atoms with Gasteiger partial charge in [-0.3, -0.25) is 9.69 Å². The predicted octanol–water partition coefficient (Wildman–Crippen LogP) is 2.34. The molecule has 1 aromatic carbocycles. The van der Waals surface area contributed by atoms with Crippen LogP contribution < -0.4 is 0 Å². The van der Waals surface area contributed by atoms with Crippen molar-refractivity contribution in [3.05, 3.63) is 29.6 Å². The van der Waals surface area contributed by atoms with Gasteiger partial charge in [-0.1, -0.05) is 19.3 Å². The number of aliphatic hydroxyl groups is 1. The maximum absolute atomic E-state index is 13.2. The van der Waals surface area contributed by atoms with E-state index in [1.807, 2.05) is 4.90 Å². The lowest BCUT2D eigenvalue weighted by Gasteiger charge is -2.33. The Morgan fingerprint density at radius 1 is 1.29 bits per heavy atom. The molecule has 0 heterocycles. The van der Waals surface area contributed by atoms with Crippen LogP contribution in [0.25, 0.3) is 0 Å². The van der Waals surface area contributed by atoms with E-state index in [2.05, 4.69) is 0 Å². The van der Waals surface area contributed by atoms with E-state index in [9.17, 15) is 19.4 Å². The third-order valence-electron chi connectivity index (χ3n) is 4.08. The fraction of sp³-hybridized carbons (Fsp3) is 0.562. The number of aliphatic hydroxyl groups excluding tert-OH is 1. The van der Waals surface area contributed by atoms with Crippen LogP contribution in [0.5, 0.6) is 5.75 Å². The van der Waals surface area contributed by atoms with E-state index in [-0.39, 0.29) is 36.3 Å². The minimum Gasteiger partial charge on any atom is -0.507 e. The van der Waals surface area contributed by atoms with Crippen LogP contribution in [0.1, 0.15) is 42.5 Å². The number of Topliss-reactive ketones (excluding diaryl/α,β-unsaturated/α-hetero) is 1. The Labute approximate surface area is 124 Å². The van der Waals surface area contributed by atoms with Crippen LogP contribution in [-0.2, 0) is 0 Å². The van der Waals surface area contributed by atoms with Crippen molar-refractivity contribution < 1.29 is 19.4 Å². The van der Waals surface area contributed by atoms with Crippen molar-refractivity contribution in [2.75, 3.05) is 19.7 Å². The standard InChI is InChI=1S/C16H22FNO3/c17-12-6-7-15(20)14(10-12)16(21)11-18(8-9-19)13-4-2-1-3-5-13/h6-7,10,13,19-20H,1-5,8-9,11H2. The maximum atomic E-state index is 13.2. The molecular weight excluding hydrogens is 273 g/mol. The summed E-state index contributed by atoms with van der Waals surface area (Å²) >= 11 is 0. The van der Waals surface area contributed by atoms with Gasteiger partial charge in [0.2, 0.25) is 0 Å². The molecule has 21 heavy (non-hydrogen) atoms. The second-order valence-corrected chi connectivity index (χ2v) is 5.57. The number of hydrogen-bond donors (Lipinski definition) is 2. The average Bonchev–Trinajstić information content (AvgIpc) is 2.50. The van der Waals surface area contributed by atoms with Crippen molar-refractivity contribution in [2.24, 2.45) is 0 Å². The van der Waals surface area contributed by atoms with Gasteiger partial charge in [-0.25, -0.2) is 4.39 Å². The molecule has 1 aromatic rings. The number of rotatable bonds is 6. The summed E-state index contributed by atoms with van der Waals surface area (Å²) in [5.74, 6) is -1.05. The molecule has 2 N–H and O–H groups in total. The lowest BCUT2D eigenvalue weighted by molar-refractivity contribution is 0.0812. The first-order chi connectivity index (χ1) is 10.1. The molecule has 0 bridgehead atoms. The van der Waals surface area contributed by atoms with Crippen LogP contribution in [0.3, 0.4) is 0 Å². The highest BCUT2D eigenvalue weighted by molar-refractivity contribution is 6.00. The van der Waals surface area contributed by atoms with Crippen molar-refractivity contribution in [2.45, 2.75) is 38.1 Å². The first kappa shape index (κ1) is 15.9. The molecule has 0 unspecified atom stereocenters. The van der Waals surface area contributed by atoms with E-state index in [1.54, 1.807) is 0 Å². The molecule has 1 aliphatic rings. The first-order valence-electron chi connectivity index (χ1n) is 7.48. The SMILES string of the molecule is O=C(CN(CCO)C1CCCCC1)c1cc(F)ccc1O. The molecule has 0 atom stereocenters. The number of aromatic hydroxyl groups is 1. The Kier molecular flexibility index (Phi) is 5.70. The van der Waals surface area contributed by atoms with Gasteiger partial charge in [0.15, 0.2) is 5.78 Å². The van der Waals surface area contributed by atoms with Crippen LogP contribution in [-0.4, -0.2) is 46.6 Å². The number of ketones is 1. The molecule has 2 rings (SSSR count). The number of phenolic OH excluding ortho intramolecular Hbond substituents is 1. The van der Waals surface area contributed by atoms with E-state index in [0.29, 0.717) is 6.54 Å². The van der Waals surface area contributed by atoms with Gasteiger partial charge in [-0.2, -0.15) is 0 Å². The van der Waals surface area contributed by atoms with Gasteiger partial charge in [-0.15, -0.1) is 0 Å². The molecule has 1 fully saturated rings. The molecule has 5 heteroatoms. The van der Waals surface area contributed by atoms with Crippen LogP contribution in [0.4, 0.5) is 4.39 Å². The summed E-state index contributed by atoms with van der Waals surface area (Å²) < 4.78 is 13.2. The molecular formula is C16H22FNO3. The molecule has 0 aromatic heterocycles. The Balaban J connectivity index is 2.08. The quantitative estimate of drug-likeness (QED) is 0.791. The molecule has 1 aliphatic carbocycles. The summed E-state index contributed by atoms with van der Waals surface area (Å²) in [7, 11) is 0. The van der Waals surface area contributed by atoms with Crippen LogP contribution in [0, 0.1) is 5.82 Å². The first-order valence-corrected chi connectivity index (χ1v) is 7.48. The molecule has 0 amide bonds. The van der Waals surface area contributed by atoms with Gasteiger partial charge in [0.25, 0.3) is 0 Å². The highest BCUT2D eigenvalue weighted by Crippen LogP contribution is 2.24. The summed E-state index contributed by atoms with van der Waals surface area (Å²) in [6, 6.07) is 3.67. The van der Waals surface area contributed by atoms with Gasteiger partial charge < -0.3 is 10.2 Å². The maximum Gasteiger partial charge on any atom is 0.180 e. The fourth-order valence-electron chi connectivity index (χ4n) is 2.97. The van der Waals surface area contributed by atoms with Crippen molar-refractivity contribution >= 4 is 5.78 Å². The van der Waals surface area contributed by atoms with Gasteiger partial charge in [0.05, 0.1) is 18.7 Å². The Morgan fingerprint density at radius 2 is 2.00 bits per heavy atom. The Bertz CT molecular complexity index is 486. The lowest BCUT2D eigenvalue weighted by atomic mass is 9.93. The number of nitrogens with zero attached hydrogens (tertiary/aromatic N) is 1. The second kappa shape index (κ2) is 7.52. The van der Waals surface area contributed by atoms with E-state index in [4.69, 9.17) is 0 Å². The molecule has 0 saturated heterocycles. The molecule has 0 aliphatic heterocycles. The van der Waals surface area contributed by atoms with Crippen molar-refractivity contribution in [3.63, 3.8) is 0 Å². The Hall–Kier alpha value is -1.46. The normalized spacial score (nSPS) is 16.3. The number of carbonyl (C=O) groups excluding carboxylic acids is 1. The monoisotopic (exact) mass is 295 g/mol. The summed E-state index contributed by atoms with van der Waals surface area (Å²) in [6.07, 6.45) is 5.50. The molecule has 116 valence electrons. The molecule has 0 radical (unpaired) electrons. The van der Waals surface area contributed by atoms with E-state index in [0.717, 1.165) is 37.8 Å². The lowest BCUT2D eigenvalue weighted by Crippen LogP contribution is -2.42. The zero-order valence-electron chi connectivity index (χ0n) is 12.1. The third kappa shape index (κ3) is 4.25. The topological polar surface area (TPSA) is 60.8 Å². The summed E-state index contributed by atoms with van der Waals surface area (Å²) in [5, 5.41) is 18.9. The van der Waals surface area contributed by atoms with Crippen LogP contribution in [0.2, 0.25) is 0 Å². The summed E-state index contributed by atoms with van der Waals surface area (Å²) in [5.41, 5.74) is 0.00810.